The van der Waals surface area contributed by atoms with Gasteiger partial charge in [-0.15, -0.1) is 0 Å². The van der Waals surface area contributed by atoms with Crippen LogP contribution in [0, 0.1) is 13.8 Å². The van der Waals surface area contributed by atoms with Gasteiger partial charge in [0.1, 0.15) is 18.1 Å². The monoisotopic (exact) mass is 583 g/mol. The van der Waals surface area contributed by atoms with Gasteiger partial charge in [-0.05, 0) is 67.9 Å². The van der Waals surface area contributed by atoms with Crippen LogP contribution in [0.3, 0.4) is 0 Å². The Bertz CT molecular complexity index is 1550. The second kappa shape index (κ2) is 12.5. The van der Waals surface area contributed by atoms with Crippen LogP contribution in [0.4, 0.5) is 5.69 Å². The van der Waals surface area contributed by atoms with Crippen LogP contribution in [0.25, 0.3) is 11.5 Å². The highest BCUT2D eigenvalue weighted by atomic mass is 35.5. The number of benzene rings is 3. The summed E-state index contributed by atoms with van der Waals surface area (Å²) in [5.74, 6) is 0.633. The topological polar surface area (TPSA) is 113 Å². The first kappa shape index (κ1) is 29.1. The van der Waals surface area contributed by atoms with Crippen LogP contribution >= 0.6 is 11.6 Å². The standard InChI is InChI=1S/C29H30ClN3O6S/c1-20-4-8-23(9-5-20)29-31-27(21(2)39-29)16-17-38-26-14-6-22(7-15-26)18-33(19-28(34)35)40(36,37)32(3)25-12-10-24(30)11-13-25/h4-15H,16-19H2,1-3H3,(H,34,35). The summed E-state index contributed by atoms with van der Waals surface area (Å²) < 4.78 is 40.1. The Kier molecular flexibility index (Phi) is 9.14. The van der Waals surface area contributed by atoms with Crippen molar-refractivity contribution < 1.29 is 27.5 Å². The number of aromatic nitrogens is 1. The van der Waals surface area contributed by atoms with Gasteiger partial charge < -0.3 is 14.3 Å². The summed E-state index contributed by atoms with van der Waals surface area (Å²) in [4.78, 5) is 16.1. The summed E-state index contributed by atoms with van der Waals surface area (Å²) in [6.45, 7) is 3.43. The molecule has 11 heteroatoms. The van der Waals surface area contributed by atoms with Gasteiger partial charge in [-0.3, -0.25) is 9.10 Å². The van der Waals surface area contributed by atoms with Crippen LogP contribution in [0.1, 0.15) is 22.6 Å². The molecule has 1 heterocycles. The number of carboxylic acids is 1. The minimum Gasteiger partial charge on any atom is -0.493 e. The zero-order valence-corrected chi connectivity index (χ0v) is 23.9. The van der Waals surface area contributed by atoms with E-state index in [0.717, 1.165) is 31.2 Å². The summed E-state index contributed by atoms with van der Waals surface area (Å²) in [5, 5.41) is 9.83. The SMILES string of the molecule is Cc1ccc(-c2nc(CCOc3ccc(CN(CC(=O)O)S(=O)(=O)N(C)c4ccc(Cl)cc4)cc3)c(C)o2)cc1. The van der Waals surface area contributed by atoms with Crippen molar-refractivity contribution in [1.82, 2.24) is 9.29 Å². The van der Waals surface area contributed by atoms with E-state index in [-0.39, 0.29) is 6.54 Å². The number of oxazole rings is 1. The van der Waals surface area contributed by atoms with Crippen LogP contribution in [0.5, 0.6) is 5.75 Å². The molecule has 0 fully saturated rings. The molecule has 4 aromatic rings. The second-order valence-corrected chi connectivity index (χ2v) is 11.6. The first-order valence-electron chi connectivity index (χ1n) is 12.5. The number of nitrogens with zero attached hydrogens (tertiary/aromatic N) is 3. The lowest BCUT2D eigenvalue weighted by molar-refractivity contribution is -0.137. The van der Waals surface area contributed by atoms with E-state index in [9.17, 15) is 18.3 Å². The number of rotatable bonds is 12. The van der Waals surface area contributed by atoms with Crippen LogP contribution in [-0.2, 0) is 28.0 Å². The van der Waals surface area contributed by atoms with Crippen molar-refractivity contribution in [3.8, 4) is 17.2 Å². The highest BCUT2D eigenvalue weighted by Crippen LogP contribution is 2.24. The summed E-state index contributed by atoms with van der Waals surface area (Å²) >= 11 is 5.91. The molecule has 0 aliphatic carbocycles. The first-order valence-corrected chi connectivity index (χ1v) is 14.3. The molecule has 0 aliphatic rings. The molecular weight excluding hydrogens is 554 g/mol. The van der Waals surface area contributed by atoms with Crippen molar-refractivity contribution in [3.63, 3.8) is 0 Å². The number of carboxylic acid groups (broad SMARTS) is 1. The molecule has 1 N–H and O–H groups in total. The van der Waals surface area contributed by atoms with Crippen LogP contribution in [0.2, 0.25) is 5.02 Å². The number of aliphatic carboxylic acids is 1. The smallest absolute Gasteiger partial charge is 0.318 e. The van der Waals surface area contributed by atoms with Crippen molar-refractivity contribution in [2.45, 2.75) is 26.8 Å². The summed E-state index contributed by atoms with van der Waals surface area (Å²) in [6.07, 6.45) is 0.546. The lowest BCUT2D eigenvalue weighted by Gasteiger charge is -2.27. The Labute approximate surface area is 238 Å². The normalized spacial score (nSPS) is 11.5. The molecule has 0 bridgehead atoms. The summed E-state index contributed by atoms with van der Waals surface area (Å²) in [5.41, 5.74) is 3.85. The number of anilines is 1. The van der Waals surface area contributed by atoms with Gasteiger partial charge in [0.25, 0.3) is 0 Å². The average molecular weight is 584 g/mol. The highest BCUT2D eigenvalue weighted by molar-refractivity contribution is 7.90. The van der Waals surface area contributed by atoms with Crippen molar-refractivity contribution in [2.24, 2.45) is 0 Å². The number of hydrogen-bond donors (Lipinski definition) is 1. The fourth-order valence-corrected chi connectivity index (χ4v) is 5.41. The largest absolute Gasteiger partial charge is 0.493 e. The van der Waals surface area contributed by atoms with Gasteiger partial charge in [-0.1, -0.05) is 41.4 Å². The van der Waals surface area contributed by atoms with Crippen molar-refractivity contribution in [2.75, 3.05) is 24.5 Å². The van der Waals surface area contributed by atoms with Crippen molar-refractivity contribution >= 4 is 33.5 Å². The van der Waals surface area contributed by atoms with Gasteiger partial charge in [0.2, 0.25) is 5.89 Å². The Balaban J connectivity index is 1.38. The van der Waals surface area contributed by atoms with Gasteiger partial charge in [-0.2, -0.15) is 12.7 Å². The minimum absolute atomic E-state index is 0.132. The molecule has 3 aromatic carbocycles. The van der Waals surface area contributed by atoms with Gasteiger partial charge in [0, 0.05) is 30.6 Å². The molecule has 0 saturated heterocycles. The van der Waals surface area contributed by atoms with E-state index in [1.54, 1.807) is 48.5 Å². The van der Waals surface area contributed by atoms with E-state index in [0.29, 0.717) is 40.9 Å². The van der Waals surface area contributed by atoms with Crippen molar-refractivity contribution in [1.29, 1.82) is 0 Å². The van der Waals surface area contributed by atoms with Gasteiger partial charge >= 0.3 is 16.2 Å². The number of hydrogen-bond acceptors (Lipinski definition) is 6. The molecule has 40 heavy (non-hydrogen) atoms. The molecule has 1 aromatic heterocycles. The Hall–Kier alpha value is -3.86. The molecule has 0 aliphatic heterocycles. The molecule has 0 amide bonds. The van der Waals surface area contributed by atoms with E-state index in [1.165, 1.54) is 7.05 Å². The minimum atomic E-state index is -4.14. The summed E-state index contributed by atoms with van der Waals surface area (Å²) in [7, 11) is -2.78. The molecule has 0 spiro atoms. The Morgan fingerprint density at radius 1 is 1.00 bits per heavy atom. The van der Waals surface area contributed by atoms with Crippen LogP contribution in [-0.4, -0.2) is 49.0 Å². The zero-order chi connectivity index (χ0) is 28.9. The number of ether oxygens (including phenoxy) is 1. The quantitative estimate of drug-likeness (QED) is 0.234. The predicted octanol–water partition coefficient (Wildman–Crippen LogP) is 5.50. The van der Waals surface area contributed by atoms with E-state index in [4.69, 9.17) is 20.8 Å². The van der Waals surface area contributed by atoms with E-state index in [1.807, 2.05) is 38.1 Å². The van der Waals surface area contributed by atoms with Crippen molar-refractivity contribution in [3.05, 3.63) is 100 Å². The third-order valence-corrected chi connectivity index (χ3v) is 8.32. The lowest BCUT2D eigenvalue weighted by Crippen LogP contribution is -2.44. The van der Waals surface area contributed by atoms with Gasteiger partial charge in [0.05, 0.1) is 18.0 Å². The van der Waals surface area contributed by atoms with Crippen LogP contribution < -0.4 is 9.04 Å². The van der Waals surface area contributed by atoms with E-state index >= 15 is 0 Å². The molecule has 9 nitrogen and oxygen atoms in total. The molecule has 4 rings (SSSR count). The highest BCUT2D eigenvalue weighted by Gasteiger charge is 2.29. The maximum absolute atomic E-state index is 13.3. The predicted molar refractivity (Wildman–Crippen MR) is 154 cm³/mol. The zero-order valence-electron chi connectivity index (χ0n) is 22.4. The number of aryl methyl sites for hydroxylation is 2. The van der Waals surface area contributed by atoms with Gasteiger partial charge in [0.15, 0.2) is 0 Å². The van der Waals surface area contributed by atoms with Gasteiger partial charge in [-0.25, -0.2) is 4.98 Å². The van der Waals surface area contributed by atoms with E-state index in [2.05, 4.69) is 4.98 Å². The molecular formula is C29H30ClN3O6S. The second-order valence-electron chi connectivity index (χ2n) is 9.24. The molecule has 0 unspecified atom stereocenters. The summed E-state index contributed by atoms with van der Waals surface area (Å²) in [6, 6.07) is 21.1. The van der Waals surface area contributed by atoms with E-state index < -0.39 is 22.7 Å². The third-order valence-electron chi connectivity index (χ3n) is 6.26. The Morgan fingerprint density at radius 2 is 1.65 bits per heavy atom. The Morgan fingerprint density at radius 3 is 2.27 bits per heavy atom. The fraction of sp³-hybridized carbons (Fsp3) is 0.241. The molecule has 0 saturated carbocycles. The number of halogens is 1. The number of carbonyl (C=O) groups is 1. The first-order chi connectivity index (χ1) is 19.0. The average Bonchev–Trinajstić information content (AvgIpc) is 3.29. The maximum Gasteiger partial charge on any atom is 0.318 e. The molecule has 0 atom stereocenters. The molecule has 210 valence electrons. The molecule has 0 radical (unpaired) electrons. The maximum atomic E-state index is 13.3. The lowest BCUT2D eigenvalue weighted by atomic mass is 10.1. The fourth-order valence-electron chi connectivity index (χ4n) is 3.97. The third kappa shape index (κ3) is 7.20. The van der Waals surface area contributed by atoms with Crippen LogP contribution in [0.15, 0.2) is 77.2 Å².